The fraction of sp³-hybridized carbons (Fsp3) is 1.00. The maximum absolute atomic E-state index is 3.65. The lowest BCUT2D eigenvalue weighted by Crippen LogP contribution is -2.45. The standard InChI is InChI=1S/C16H33N3/c1-4-17-16(14(2)3)13-18-11-8-15(12-18)19-9-6-5-7-10-19/h14-17H,4-13H2,1-3H3. The molecule has 0 amide bonds. The molecule has 1 N–H and O–H groups in total. The fourth-order valence-electron chi connectivity index (χ4n) is 3.61. The van der Waals surface area contributed by atoms with E-state index in [2.05, 4.69) is 35.9 Å². The first-order valence-corrected chi connectivity index (χ1v) is 8.40. The van der Waals surface area contributed by atoms with E-state index in [0.29, 0.717) is 6.04 Å². The summed E-state index contributed by atoms with van der Waals surface area (Å²) in [5, 5.41) is 3.65. The number of nitrogens with zero attached hydrogens (tertiary/aromatic N) is 2. The lowest BCUT2D eigenvalue weighted by Gasteiger charge is -2.33. The highest BCUT2D eigenvalue weighted by Crippen LogP contribution is 2.20. The van der Waals surface area contributed by atoms with Crippen LogP contribution in [0.1, 0.15) is 46.5 Å². The summed E-state index contributed by atoms with van der Waals surface area (Å²) in [6, 6.07) is 1.50. The number of likely N-dealkylation sites (N-methyl/N-ethyl adjacent to an activating group) is 1. The number of piperidine rings is 1. The molecule has 2 saturated heterocycles. The molecule has 0 aromatic heterocycles. The van der Waals surface area contributed by atoms with E-state index >= 15 is 0 Å². The van der Waals surface area contributed by atoms with Gasteiger partial charge in [0.05, 0.1) is 0 Å². The molecule has 2 fully saturated rings. The second-order valence-electron chi connectivity index (χ2n) is 6.71. The van der Waals surface area contributed by atoms with E-state index < -0.39 is 0 Å². The van der Waals surface area contributed by atoms with Gasteiger partial charge in [0.1, 0.15) is 0 Å². The molecular formula is C16H33N3. The van der Waals surface area contributed by atoms with Crippen LogP contribution in [0, 0.1) is 5.92 Å². The van der Waals surface area contributed by atoms with Crippen molar-refractivity contribution in [1.82, 2.24) is 15.1 Å². The second-order valence-corrected chi connectivity index (χ2v) is 6.71. The predicted octanol–water partition coefficient (Wildman–Crippen LogP) is 2.18. The third-order valence-electron chi connectivity index (χ3n) is 4.88. The van der Waals surface area contributed by atoms with Gasteiger partial charge in [0, 0.05) is 25.2 Å². The molecule has 0 aromatic rings. The van der Waals surface area contributed by atoms with Gasteiger partial charge in [-0.3, -0.25) is 4.90 Å². The average molecular weight is 267 g/mol. The topological polar surface area (TPSA) is 18.5 Å². The van der Waals surface area contributed by atoms with E-state index in [1.807, 2.05) is 0 Å². The van der Waals surface area contributed by atoms with Gasteiger partial charge in [-0.2, -0.15) is 0 Å². The fourth-order valence-corrected chi connectivity index (χ4v) is 3.61. The molecule has 3 nitrogen and oxygen atoms in total. The molecule has 0 aliphatic carbocycles. The maximum atomic E-state index is 3.65. The quantitative estimate of drug-likeness (QED) is 0.796. The van der Waals surface area contributed by atoms with Gasteiger partial charge < -0.3 is 10.2 Å². The van der Waals surface area contributed by atoms with E-state index in [4.69, 9.17) is 0 Å². The van der Waals surface area contributed by atoms with Crippen molar-refractivity contribution in [1.29, 1.82) is 0 Å². The summed E-state index contributed by atoms with van der Waals surface area (Å²) in [6.07, 6.45) is 5.67. The summed E-state index contributed by atoms with van der Waals surface area (Å²) in [4.78, 5) is 5.44. The maximum Gasteiger partial charge on any atom is 0.0235 e. The van der Waals surface area contributed by atoms with Crippen molar-refractivity contribution in [2.45, 2.75) is 58.5 Å². The zero-order chi connectivity index (χ0) is 13.7. The van der Waals surface area contributed by atoms with E-state index in [1.54, 1.807) is 0 Å². The van der Waals surface area contributed by atoms with Gasteiger partial charge in [0.15, 0.2) is 0 Å². The van der Waals surface area contributed by atoms with Crippen LogP contribution in [0.15, 0.2) is 0 Å². The number of hydrogen-bond donors (Lipinski definition) is 1. The van der Waals surface area contributed by atoms with Crippen LogP contribution in [0.5, 0.6) is 0 Å². The highest BCUT2D eigenvalue weighted by Gasteiger charge is 2.29. The molecule has 3 heteroatoms. The first-order chi connectivity index (χ1) is 9.20. The Morgan fingerprint density at radius 1 is 1.11 bits per heavy atom. The van der Waals surface area contributed by atoms with Gasteiger partial charge in [0.25, 0.3) is 0 Å². The first kappa shape index (κ1) is 15.3. The second kappa shape index (κ2) is 7.61. The molecule has 2 aliphatic rings. The molecule has 112 valence electrons. The van der Waals surface area contributed by atoms with Crippen molar-refractivity contribution < 1.29 is 0 Å². The van der Waals surface area contributed by atoms with Crippen LogP contribution in [0.25, 0.3) is 0 Å². The lowest BCUT2D eigenvalue weighted by atomic mass is 10.0. The molecule has 2 unspecified atom stereocenters. The largest absolute Gasteiger partial charge is 0.313 e. The Kier molecular flexibility index (Phi) is 6.11. The Morgan fingerprint density at radius 3 is 2.47 bits per heavy atom. The number of rotatable bonds is 6. The Labute approximate surface area is 119 Å². The summed E-state index contributed by atoms with van der Waals surface area (Å²) in [7, 11) is 0. The molecule has 2 rings (SSSR count). The van der Waals surface area contributed by atoms with Crippen molar-refractivity contribution >= 4 is 0 Å². The minimum atomic E-state index is 0.658. The van der Waals surface area contributed by atoms with Gasteiger partial charge in [-0.1, -0.05) is 27.2 Å². The minimum absolute atomic E-state index is 0.658. The lowest BCUT2D eigenvalue weighted by molar-refractivity contribution is 0.158. The van der Waals surface area contributed by atoms with Crippen LogP contribution in [0.2, 0.25) is 0 Å². The highest BCUT2D eigenvalue weighted by molar-refractivity contribution is 4.87. The SMILES string of the molecule is CCNC(CN1CCC(N2CCCCC2)C1)C(C)C. The number of hydrogen-bond acceptors (Lipinski definition) is 3. The van der Waals surface area contributed by atoms with Crippen LogP contribution >= 0.6 is 0 Å². The molecule has 0 aromatic carbocycles. The van der Waals surface area contributed by atoms with Crippen LogP contribution in [-0.4, -0.2) is 61.2 Å². The van der Waals surface area contributed by atoms with E-state index in [0.717, 1.165) is 18.5 Å². The van der Waals surface area contributed by atoms with Crippen molar-refractivity contribution in [3.63, 3.8) is 0 Å². The van der Waals surface area contributed by atoms with Crippen LogP contribution in [0.3, 0.4) is 0 Å². The minimum Gasteiger partial charge on any atom is -0.313 e. The molecule has 0 spiro atoms. The van der Waals surface area contributed by atoms with E-state index in [1.165, 1.54) is 58.4 Å². The Bertz CT molecular complexity index is 248. The van der Waals surface area contributed by atoms with Crippen LogP contribution in [0.4, 0.5) is 0 Å². The van der Waals surface area contributed by atoms with Crippen molar-refractivity contribution in [2.24, 2.45) is 5.92 Å². The molecule has 0 radical (unpaired) electrons. The smallest absolute Gasteiger partial charge is 0.0235 e. The molecule has 2 aliphatic heterocycles. The highest BCUT2D eigenvalue weighted by atomic mass is 15.3. The molecule has 2 heterocycles. The number of nitrogens with one attached hydrogen (secondary N) is 1. The summed E-state index contributed by atoms with van der Waals surface area (Å²) >= 11 is 0. The van der Waals surface area contributed by atoms with Crippen molar-refractivity contribution in [2.75, 3.05) is 39.3 Å². The molecule has 2 atom stereocenters. The summed E-state index contributed by atoms with van der Waals surface area (Å²) < 4.78 is 0. The molecule has 19 heavy (non-hydrogen) atoms. The number of likely N-dealkylation sites (tertiary alicyclic amines) is 2. The van der Waals surface area contributed by atoms with Crippen LogP contribution in [-0.2, 0) is 0 Å². The van der Waals surface area contributed by atoms with Gasteiger partial charge in [0.2, 0.25) is 0 Å². The van der Waals surface area contributed by atoms with Crippen LogP contribution < -0.4 is 5.32 Å². The zero-order valence-corrected chi connectivity index (χ0v) is 13.2. The molecule has 0 bridgehead atoms. The van der Waals surface area contributed by atoms with E-state index in [9.17, 15) is 0 Å². The Morgan fingerprint density at radius 2 is 1.84 bits per heavy atom. The normalized spacial score (nSPS) is 28.1. The zero-order valence-electron chi connectivity index (χ0n) is 13.2. The third kappa shape index (κ3) is 4.44. The van der Waals surface area contributed by atoms with Gasteiger partial charge in [-0.05, 0) is 51.4 Å². The average Bonchev–Trinajstić information content (AvgIpc) is 2.88. The molecule has 0 saturated carbocycles. The Balaban J connectivity index is 1.77. The Hall–Kier alpha value is -0.120. The summed E-state index contributed by atoms with van der Waals surface area (Å²) in [5.74, 6) is 0.731. The third-order valence-corrected chi connectivity index (χ3v) is 4.88. The van der Waals surface area contributed by atoms with Crippen molar-refractivity contribution in [3.8, 4) is 0 Å². The predicted molar refractivity (Wildman–Crippen MR) is 82.6 cm³/mol. The summed E-state index contributed by atoms with van der Waals surface area (Å²) in [6.45, 7) is 14.5. The van der Waals surface area contributed by atoms with Crippen molar-refractivity contribution in [3.05, 3.63) is 0 Å². The van der Waals surface area contributed by atoms with Gasteiger partial charge in [-0.15, -0.1) is 0 Å². The summed E-state index contributed by atoms with van der Waals surface area (Å²) in [5.41, 5.74) is 0. The van der Waals surface area contributed by atoms with Gasteiger partial charge >= 0.3 is 0 Å². The molecular weight excluding hydrogens is 234 g/mol. The first-order valence-electron chi connectivity index (χ1n) is 8.40. The van der Waals surface area contributed by atoms with Gasteiger partial charge in [-0.25, -0.2) is 0 Å². The monoisotopic (exact) mass is 267 g/mol. The van der Waals surface area contributed by atoms with E-state index in [-0.39, 0.29) is 0 Å².